The van der Waals surface area contributed by atoms with E-state index < -0.39 is 5.97 Å². The molecule has 0 aliphatic carbocycles. The summed E-state index contributed by atoms with van der Waals surface area (Å²) in [5.41, 5.74) is 0.930. The number of carbonyl (C=O) groups excluding carboxylic acids is 1. The molecule has 0 bridgehead atoms. The van der Waals surface area contributed by atoms with Crippen molar-refractivity contribution in [2.75, 3.05) is 6.54 Å². The van der Waals surface area contributed by atoms with Gasteiger partial charge in [0.15, 0.2) is 0 Å². The zero-order valence-electron chi connectivity index (χ0n) is 13.4. The Labute approximate surface area is 128 Å². The maximum Gasteiger partial charge on any atom is 0.328 e. The molecular weight excluding hydrogens is 266 g/mol. The Hall–Kier alpha value is -1.58. The average Bonchev–Trinajstić information content (AvgIpc) is 2.45. The molecule has 0 aromatic heterocycles. The number of allylic oxidation sites excluding steroid dienone is 3. The minimum absolute atomic E-state index is 0.0339. The summed E-state index contributed by atoms with van der Waals surface area (Å²) in [5.74, 6) is -0.923. The van der Waals surface area contributed by atoms with Crippen LogP contribution in [0, 0.1) is 0 Å². The molecule has 0 fully saturated rings. The molecule has 0 aliphatic heterocycles. The van der Waals surface area contributed by atoms with Gasteiger partial charge in [0, 0.05) is 19.0 Å². The van der Waals surface area contributed by atoms with Crippen molar-refractivity contribution in [1.82, 2.24) is 5.32 Å². The number of carbonyl (C=O) groups is 2. The molecule has 4 heteroatoms. The number of hydrogen-bond acceptors (Lipinski definition) is 2. The quantitative estimate of drug-likeness (QED) is 0.327. The largest absolute Gasteiger partial charge is 0.478 e. The molecule has 1 amide bonds. The lowest BCUT2D eigenvalue weighted by atomic mass is 10.1. The number of aliphatic carboxylic acids is 1. The van der Waals surface area contributed by atoms with Gasteiger partial charge in [0.2, 0.25) is 5.91 Å². The molecule has 0 radical (unpaired) electrons. The molecule has 21 heavy (non-hydrogen) atoms. The fourth-order valence-electron chi connectivity index (χ4n) is 1.86. The summed E-state index contributed by atoms with van der Waals surface area (Å²) in [6.45, 7) is 4.95. The van der Waals surface area contributed by atoms with E-state index in [1.54, 1.807) is 6.08 Å². The summed E-state index contributed by atoms with van der Waals surface area (Å²) < 4.78 is 0. The van der Waals surface area contributed by atoms with E-state index in [2.05, 4.69) is 25.2 Å². The Morgan fingerprint density at radius 2 is 1.71 bits per heavy atom. The van der Waals surface area contributed by atoms with Crippen LogP contribution in [0.2, 0.25) is 0 Å². The Balaban J connectivity index is 4.26. The van der Waals surface area contributed by atoms with Gasteiger partial charge in [0.1, 0.15) is 0 Å². The highest BCUT2D eigenvalue weighted by atomic mass is 16.4. The lowest BCUT2D eigenvalue weighted by Gasteiger charge is -2.05. The van der Waals surface area contributed by atoms with Gasteiger partial charge >= 0.3 is 5.97 Å². The first kappa shape index (κ1) is 19.4. The molecule has 4 nitrogen and oxygen atoms in total. The minimum atomic E-state index is -0.957. The molecule has 0 saturated carbocycles. The van der Waals surface area contributed by atoms with Gasteiger partial charge in [0.05, 0.1) is 0 Å². The average molecular weight is 295 g/mol. The van der Waals surface area contributed by atoms with Crippen LogP contribution in [0.3, 0.4) is 0 Å². The van der Waals surface area contributed by atoms with Crippen LogP contribution < -0.4 is 5.32 Å². The van der Waals surface area contributed by atoms with Crippen LogP contribution in [0.15, 0.2) is 23.8 Å². The predicted molar refractivity (Wildman–Crippen MR) is 86.2 cm³/mol. The third-order valence-electron chi connectivity index (χ3n) is 3.15. The van der Waals surface area contributed by atoms with Crippen molar-refractivity contribution in [3.63, 3.8) is 0 Å². The van der Waals surface area contributed by atoms with E-state index in [0.29, 0.717) is 12.8 Å². The maximum atomic E-state index is 11.7. The molecular formula is C17H29NO3. The van der Waals surface area contributed by atoms with Crippen molar-refractivity contribution in [3.8, 4) is 0 Å². The lowest BCUT2D eigenvalue weighted by Crippen LogP contribution is -2.23. The third-order valence-corrected chi connectivity index (χ3v) is 3.15. The highest BCUT2D eigenvalue weighted by Crippen LogP contribution is 2.11. The van der Waals surface area contributed by atoms with Gasteiger partial charge in [-0.15, -0.1) is 0 Å². The summed E-state index contributed by atoms with van der Waals surface area (Å²) in [7, 11) is 0. The summed E-state index contributed by atoms with van der Waals surface area (Å²) >= 11 is 0. The summed E-state index contributed by atoms with van der Waals surface area (Å²) in [4.78, 5) is 22.3. The molecule has 120 valence electrons. The SMILES string of the molecule is CCCCC/C=C(/C=C/C(=O)O)CCC(=O)NCCCC. The number of nitrogens with one attached hydrogen (secondary N) is 1. The van der Waals surface area contributed by atoms with Crippen molar-refractivity contribution in [1.29, 1.82) is 0 Å². The Morgan fingerprint density at radius 3 is 2.33 bits per heavy atom. The number of carboxylic acids is 1. The summed E-state index contributed by atoms with van der Waals surface area (Å²) in [5, 5.41) is 11.6. The zero-order chi connectivity index (χ0) is 15.9. The molecule has 0 aromatic rings. The van der Waals surface area contributed by atoms with Gasteiger partial charge in [-0.2, -0.15) is 0 Å². The van der Waals surface area contributed by atoms with Crippen molar-refractivity contribution in [2.45, 2.75) is 65.2 Å². The number of unbranched alkanes of at least 4 members (excludes halogenated alkanes) is 4. The summed E-state index contributed by atoms with van der Waals surface area (Å²) in [6.07, 6.45) is 12.2. The van der Waals surface area contributed by atoms with E-state index in [1.165, 1.54) is 6.42 Å². The molecule has 0 rings (SSSR count). The second-order valence-electron chi connectivity index (χ2n) is 5.15. The van der Waals surface area contributed by atoms with E-state index in [1.807, 2.05) is 0 Å². The van der Waals surface area contributed by atoms with Crippen LogP contribution in [0.4, 0.5) is 0 Å². The Bertz CT molecular complexity index is 359. The van der Waals surface area contributed by atoms with Gasteiger partial charge in [-0.1, -0.05) is 50.8 Å². The van der Waals surface area contributed by atoms with Crippen LogP contribution in [0.5, 0.6) is 0 Å². The first-order chi connectivity index (χ1) is 10.1. The minimum Gasteiger partial charge on any atom is -0.478 e. The molecule has 0 unspecified atom stereocenters. The van der Waals surface area contributed by atoms with Crippen molar-refractivity contribution < 1.29 is 14.7 Å². The van der Waals surface area contributed by atoms with Crippen LogP contribution in [0.25, 0.3) is 0 Å². The molecule has 0 spiro atoms. The van der Waals surface area contributed by atoms with E-state index in [4.69, 9.17) is 5.11 Å². The van der Waals surface area contributed by atoms with E-state index >= 15 is 0 Å². The topological polar surface area (TPSA) is 66.4 Å². The molecule has 0 aliphatic rings. The van der Waals surface area contributed by atoms with E-state index in [-0.39, 0.29) is 5.91 Å². The number of hydrogen-bond donors (Lipinski definition) is 2. The number of carboxylic acid groups (broad SMARTS) is 1. The number of amides is 1. The van der Waals surface area contributed by atoms with Crippen LogP contribution in [0.1, 0.15) is 65.2 Å². The molecule has 0 atom stereocenters. The summed E-state index contributed by atoms with van der Waals surface area (Å²) in [6, 6.07) is 0. The van der Waals surface area contributed by atoms with Gasteiger partial charge in [0.25, 0.3) is 0 Å². The van der Waals surface area contributed by atoms with Gasteiger partial charge in [-0.3, -0.25) is 4.79 Å². The zero-order valence-corrected chi connectivity index (χ0v) is 13.4. The fraction of sp³-hybridized carbons (Fsp3) is 0.647. The second kappa shape index (κ2) is 13.4. The normalized spacial score (nSPS) is 11.8. The first-order valence-corrected chi connectivity index (χ1v) is 7.96. The molecule has 0 heterocycles. The predicted octanol–water partition coefficient (Wildman–Crippen LogP) is 3.83. The Morgan fingerprint density at radius 1 is 1.00 bits per heavy atom. The molecule has 0 saturated heterocycles. The highest BCUT2D eigenvalue weighted by Gasteiger charge is 2.02. The standard InChI is InChI=1S/C17H29NO3/c1-3-5-7-8-9-15(11-13-17(20)21)10-12-16(19)18-14-6-4-2/h9,11,13H,3-8,10,12,14H2,1-2H3,(H,18,19)(H,20,21)/b13-11+,15-9+. The van der Waals surface area contributed by atoms with Crippen LogP contribution in [-0.2, 0) is 9.59 Å². The van der Waals surface area contributed by atoms with Crippen LogP contribution in [-0.4, -0.2) is 23.5 Å². The highest BCUT2D eigenvalue weighted by molar-refractivity contribution is 5.80. The first-order valence-electron chi connectivity index (χ1n) is 7.96. The van der Waals surface area contributed by atoms with Crippen molar-refractivity contribution >= 4 is 11.9 Å². The van der Waals surface area contributed by atoms with Crippen molar-refractivity contribution in [3.05, 3.63) is 23.8 Å². The van der Waals surface area contributed by atoms with Gasteiger partial charge in [-0.05, 0) is 25.7 Å². The Kier molecular flexibility index (Phi) is 12.4. The number of rotatable bonds is 12. The van der Waals surface area contributed by atoms with Gasteiger partial charge < -0.3 is 10.4 Å². The monoisotopic (exact) mass is 295 g/mol. The van der Waals surface area contributed by atoms with Crippen molar-refractivity contribution in [2.24, 2.45) is 0 Å². The van der Waals surface area contributed by atoms with Gasteiger partial charge in [-0.25, -0.2) is 4.79 Å². The fourth-order valence-corrected chi connectivity index (χ4v) is 1.86. The molecule has 2 N–H and O–H groups in total. The second-order valence-corrected chi connectivity index (χ2v) is 5.15. The maximum absolute atomic E-state index is 11.7. The van der Waals surface area contributed by atoms with E-state index in [0.717, 1.165) is 50.3 Å². The third kappa shape index (κ3) is 13.2. The van der Waals surface area contributed by atoms with Crippen LogP contribution >= 0.6 is 0 Å². The van der Waals surface area contributed by atoms with E-state index in [9.17, 15) is 9.59 Å². The smallest absolute Gasteiger partial charge is 0.328 e. The molecule has 0 aromatic carbocycles. The lowest BCUT2D eigenvalue weighted by molar-refractivity contribution is -0.131.